The van der Waals surface area contributed by atoms with E-state index in [9.17, 15) is 18.0 Å². The van der Waals surface area contributed by atoms with Gasteiger partial charge in [0, 0.05) is 27.2 Å². The minimum absolute atomic E-state index is 0.0215. The van der Waals surface area contributed by atoms with E-state index >= 15 is 0 Å². The molecule has 0 fully saturated rings. The standard InChI is InChI=1S/C23H17BrN2O4S/c1-14-11-12-26(13-15(14)2)21-20(22(27)18-5-3-4-6-19(18)23(21)28)25-31(29,30)17-9-7-16(24)8-10-17/h3-13H,1-2H3/p+1. The van der Waals surface area contributed by atoms with Gasteiger partial charge in [-0.2, -0.15) is 4.57 Å². The molecule has 2 aromatic carbocycles. The fourth-order valence-electron chi connectivity index (χ4n) is 3.33. The van der Waals surface area contributed by atoms with Gasteiger partial charge in [0.2, 0.25) is 5.78 Å². The number of allylic oxidation sites excluding steroid dienone is 2. The molecule has 8 heteroatoms. The van der Waals surface area contributed by atoms with Crippen LogP contribution in [0.5, 0.6) is 0 Å². The fraction of sp³-hybridized carbons (Fsp3) is 0.0870. The molecule has 1 N–H and O–H groups in total. The molecule has 1 aromatic heterocycles. The minimum Gasteiger partial charge on any atom is -0.287 e. The Kier molecular flexibility index (Phi) is 5.36. The lowest BCUT2D eigenvalue weighted by Crippen LogP contribution is -2.44. The van der Waals surface area contributed by atoms with Crippen LogP contribution in [0, 0.1) is 13.8 Å². The molecule has 0 saturated heterocycles. The van der Waals surface area contributed by atoms with Crippen LogP contribution in [-0.4, -0.2) is 20.0 Å². The summed E-state index contributed by atoms with van der Waals surface area (Å²) in [6.45, 7) is 3.80. The van der Waals surface area contributed by atoms with Crippen LogP contribution in [0.4, 0.5) is 0 Å². The highest BCUT2D eigenvalue weighted by Crippen LogP contribution is 2.27. The van der Waals surface area contributed by atoms with Gasteiger partial charge in [0.25, 0.3) is 21.5 Å². The molecule has 0 unspecified atom stereocenters. The molecule has 0 saturated carbocycles. The van der Waals surface area contributed by atoms with Gasteiger partial charge in [-0.25, -0.2) is 8.42 Å². The number of carbonyl (C=O) groups excluding carboxylic acids is 2. The molecule has 6 nitrogen and oxygen atoms in total. The topological polar surface area (TPSA) is 84.2 Å². The third-order valence-electron chi connectivity index (χ3n) is 5.15. The van der Waals surface area contributed by atoms with Crippen molar-refractivity contribution in [2.24, 2.45) is 0 Å². The molecule has 3 aromatic rings. The quantitative estimate of drug-likeness (QED) is 0.558. The van der Waals surface area contributed by atoms with Gasteiger partial charge in [0.05, 0.1) is 4.90 Å². The van der Waals surface area contributed by atoms with Crippen LogP contribution in [-0.2, 0) is 10.0 Å². The molecule has 0 aliphatic heterocycles. The number of carbonyl (C=O) groups is 2. The Labute approximate surface area is 188 Å². The average Bonchev–Trinajstić information content (AvgIpc) is 2.74. The van der Waals surface area contributed by atoms with Crippen molar-refractivity contribution in [3.63, 3.8) is 0 Å². The second kappa shape index (κ2) is 7.86. The van der Waals surface area contributed by atoms with Gasteiger partial charge in [0.1, 0.15) is 0 Å². The summed E-state index contributed by atoms with van der Waals surface area (Å²) in [5, 5.41) is 0. The van der Waals surface area contributed by atoms with Gasteiger partial charge in [-0.05, 0) is 43.7 Å². The third-order valence-corrected chi connectivity index (χ3v) is 7.05. The number of rotatable bonds is 4. The monoisotopic (exact) mass is 497 g/mol. The van der Waals surface area contributed by atoms with Crippen molar-refractivity contribution in [1.82, 2.24) is 4.72 Å². The Morgan fingerprint density at radius 3 is 2.06 bits per heavy atom. The first-order valence-corrected chi connectivity index (χ1v) is 11.7. The Bertz CT molecular complexity index is 1380. The van der Waals surface area contributed by atoms with Crippen LogP contribution in [0.15, 0.2) is 82.1 Å². The number of pyridine rings is 1. The van der Waals surface area contributed by atoms with Crippen molar-refractivity contribution in [3.8, 4) is 0 Å². The zero-order valence-corrected chi connectivity index (χ0v) is 19.1. The summed E-state index contributed by atoms with van der Waals surface area (Å²) < 4.78 is 30.7. The predicted molar refractivity (Wildman–Crippen MR) is 119 cm³/mol. The molecule has 0 bridgehead atoms. The van der Waals surface area contributed by atoms with E-state index in [1.54, 1.807) is 48.8 Å². The number of sulfonamides is 1. The minimum atomic E-state index is -4.11. The largest absolute Gasteiger partial charge is 0.287 e. The summed E-state index contributed by atoms with van der Waals surface area (Å²) in [6.07, 6.45) is 3.35. The highest BCUT2D eigenvalue weighted by atomic mass is 79.9. The Morgan fingerprint density at radius 1 is 0.839 bits per heavy atom. The van der Waals surface area contributed by atoms with Gasteiger partial charge in [0.15, 0.2) is 18.1 Å². The van der Waals surface area contributed by atoms with E-state index in [1.807, 2.05) is 13.8 Å². The van der Waals surface area contributed by atoms with Gasteiger partial charge >= 0.3 is 0 Å². The summed E-state index contributed by atoms with van der Waals surface area (Å²) in [6, 6.07) is 14.2. The van der Waals surface area contributed by atoms with Crippen LogP contribution in [0.2, 0.25) is 0 Å². The number of hydrogen-bond acceptors (Lipinski definition) is 4. The highest BCUT2D eigenvalue weighted by Gasteiger charge is 2.40. The van der Waals surface area contributed by atoms with Crippen molar-refractivity contribution >= 4 is 43.2 Å². The maximum Gasteiger partial charge on any atom is 0.287 e. The number of nitrogens with one attached hydrogen (secondary N) is 1. The number of ketones is 2. The summed E-state index contributed by atoms with van der Waals surface area (Å²) in [5.74, 6) is -0.992. The third kappa shape index (κ3) is 3.84. The maximum absolute atomic E-state index is 13.4. The lowest BCUT2D eigenvalue weighted by atomic mass is 9.90. The van der Waals surface area contributed by atoms with Gasteiger partial charge in [-0.15, -0.1) is 0 Å². The predicted octanol–water partition coefficient (Wildman–Crippen LogP) is 3.58. The summed E-state index contributed by atoms with van der Waals surface area (Å²) >= 11 is 3.27. The average molecular weight is 498 g/mol. The van der Waals surface area contributed by atoms with Gasteiger partial charge in [-0.3, -0.25) is 14.3 Å². The molecule has 1 heterocycles. The molecule has 0 atom stereocenters. The fourth-order valence-corrected chi connectivity index (χ4v) is 4.66. The van der Waals surface area contributed by atoms with Crippen LogP contribution in [0.3, 0.4) is 0 Å². The van der Waals surface area contributed by atoms with Gasteiger partial charge < -0.3 is 0 Å². The zero-order valence-electron chi connectivity index (χ0n) is 16.7. The number of nitrogens with zero attached hydrogens (tertiary/aromatic N) is 1. The molecule has 1 aliphatic rings. The van der Waals surface area contributed by atoms with Crippen molar-refractivity contribution in [2.75, 3.05) is 0 Å². The Morgan fingerprint density at radius 2 is 1.45 bits per heavy atom. The van der Waals surface area contributed by atoms with E-state index in [2.05, 4.69) is 20.7 Å². The van der Waals surface area contributed by atoms with E-state index in [4.69, 9.17) is 0 Å². The highest BCUT2D eigenvalue weighted by molar-refractivity contribution is 9.10. The normalized spacial score (nSPS) is 13.9. The first kappa shape index (κ1) is 21.1. The van der Waals surface area contributed by atoms with Crippen LogP contribution >= 0.6 is 15.9 Å². The van der Waals surface area contributed by atoms with Gasteiger partial charge in [-0.1, -0.05) is 40.2 Å². The molecule has 0 radical (unpaired) electrons. The molecule has 0 amide bonds. The van der Waals surface area contributed by atoms with E-state index in [1.165, 1.54) is 22.8 Å². The van der Waals surface area contributed by atoms with Crippen LogP contribution in [0.25, 0.3) is 5.70 Å². The number of halogens is 1. The van der Waals surface area contributed by atoms with Crippen molar-refractivity contribution < 1.29 is 22.6 Å². The smallest absolute Gasteiger partial charge is 0.287 e. The molecule has 156 valence electrons. The SMILES string of the molecule is Cc1cc[n+](C2=C(NS(=O)(=O)c3ccc(Br)cc3)C(=O)c3ccccc3C2=O)cc1C. The molecule has 4 rings (SSSR count). The van der Waals surface area contributed by atoms with E-state index < -0.39 is 21.6 Å². The molecule has 1 aliphatic carbocycles. The van der Waals surface area contributed by atoms with Crippen molar-refractivity contribution in [3.05, 3.63) is 99.4 Å². The lowest BCUT2D eigenvalue weighted by molar-refractivity contribution is -0.577. The number of aromatic nitrogens is 1. The molecular weight excluding hydrogens is 480 g/mol. The summed E-state index contributed by atoms with van der Waals surface area (Å²) in [4.78, 5) is 26.6. The Hall–Kier alpha value is -3.10. The van der Waals surface area contributed by atoms with Crippen molar-refractivity contribution in [1.29, 1.82) is 0 Å². The first-order valence-electron chi connectivity index (χ1n) is 9.39. The first-order chi connectivity index (χ1) is 14.7. The second-order valence-corrected chi connectivity index (χ2v) is 9.80. The van der Waals surface area contributed by atoms with Crippen LogP contribution < -0.4 is 9.29 Å². The molecule has 0 spiro atoms. The van der Waals surface area contributed by atoms with E-state index in [0.717, 1.165) is 15.6 Å². The number of hydrogen-bond donors (Lipinski definition) is 1. The summed E-state index contributed by atoms with van der Waals surface area (Å²) in [7, 11) is -4.11. The zero-order chi connectivity index (χ0) is 22.3. The number of aryl methyl sites for hydroxylation is 2. The van der Waals surface area contributed by atoms with Crippen molar-refractivity contribution in [2.45, 2.75) is 18.7 Å². The molecule has 31 heavy (non-hydrogen) atoms. The van der Waals surface area contributed by atoms with Crippen LogP contribution in [0.1, 0.15) is 31.8 Å². The maximum atomic E-state index is 13.4. The number of benzene rings is 2. The number of Topliss-reactive ketones (excluding diaryl/α,β-unsaturated/α-hetero) is 2. The Balaban J connectivity index is 1.92. The van der Waals surface area contributed by atoms with E-state index in [-0.39, 0.29) is 27.4 Å². The van der Waals surface area contributed by atoms with E-state index in [0.29, 0.717) is 0 Å². The molecular formula is C23H18BrN2O4S+. The lowest BCUT2D eigenvalue weighted by Gasteiger charge is -2.18. The summed E-state index contributed by atoms with van der Waals surface area (Å²) in [5.41, 5.74) is 1.98. The second-order valence-electron chi connectivity index (χ2n) is 7.20. The number of fused-ring (bicyclic) bond motifs is 1.